The van der Waals surface area contributed by atoms with Crippen molar-refractivity contribution in [2.24, 2.45) is 0 Å². The number of esters is 1. The molecule has 0 saturated carbocycles. The molecule has 35 heavy (non-hydrogen) atoms. The third-order valence-electron chi connectivity index (χ3n) is 4.69. The van der Waals surface area contributed by atoms with Crippen LogP contribution in [0.4, 0.5) is 9.59 Å². The van der Waals surface area contributed by atoms with Crippen molar-refractivity contribution in [3.63, 3.8) is 0 Å². The first-order chi connectivity index (χ1) is 16.2. The van der Waals surface area contributed by atoms with Crippen LogP contribution < -0.4 is 0 Å². The second-order valence-electron chi connectivity index (χ2n) is 10.4. The lowest BCUT2D eigenvalue weighted by Gasteiger charge is -2.32. The van der Waals surface area contributed by atoms with Crippen LogP contribution >= 0.6 is 0 Å². The lowest BCUT2D eigenvalue weighted by atomic mass is 10.1. The standard InChI is InChI=1S/C25H43NO9/c1-10-12-14-31-19-16-30-15-18(21(27)33-17(3)20(19)32-13-11-2)26(22(28)34-24(4,5)6)23(29)35-25(7,8)9/h11,17-20H,2,10,12-16H2,1,3-9H3/t17-,18-,19-,20-/m0/s1. The SMILES string of the molecule is C=CCO[C@H]1[C@H](C)OC(=O)[C@@H](N(C(=O)OC(C)(C)C)C(=O)OC(C)(C)C)COC[C@@H]1OCCCC. The van der Waals surface area contributed by atoms with Gasteiger partial charge in [-0.05, 0) is 54.9 Å². The zero-order valence-electron chi connectivity index (χ0n) is 22.5. The first-order valence-electron chi connectivity index (χ1n) is 12.1. The minimum absolute atomic E-state index is 0.0550. The van der Waals surface area contributed by atoms with Crippen molar-refractivity contribution in [2.45, 2.75) is 104 Å². The van der Waals surface area contributed by atoms with Gasteiger partial charge in [0.25, 0.3) is 0 Å². The minimum atomic E-state index is -1.43. The molecule has 4 atom stereocenters. The number of carbonyl (C=O) groups excluding carboxylic acids is 3. The summed E-state index contributed by atoms with van der Waals surface area (Å²) < 4.78 is 34.1. The lowest BCUT2D eigenvalue weighted by molar-refractivity contribution is -0.168. The van der Waals surface area contributed by atoms with E-state index < -0.39 is 53.7 Å². The van der Waals surface area contributed by atoms with Crippen LogP contribution in [-0.4, -0.2) is 85.0 Å². The number of rotatable bonds is 8. The highest BCUT2D eigenvalue weighted by Crippen LogP contribution is 2.22. The van der Waals surface area contributed by atoms with Gasteiger partial charge in [0.15, 0.2) is 6.04 Å². The molecule has 1 fully saturated rings. The number of hydrogen-bond acceptors (Lipinski definition) is 9. The van der Waals surface area contributed by atoms with Crippen molar-refractivity contribution in [3.8, 4) is 0 Å². The molecule has 2 amide bonds. The number of unbranched alkanes of at least 4 members (excludes halogenated alkanes) is 1. The van der Waals surface area contributed by atoms with Crippen LogP contribution in [0, 0.1) is 0 Å². The van der Waals surface area contributed by atoms with Crippen molar-refractivity contribution in [1.29, 1.82) is 0 Å². The molecule has 0 unspecified atom stereocenters. The number of carbonyl (C=O) groups is 3. The molecular weight excluding hydrogens is 458 g/mol. The van der Waals surface area contributed by atoms with Gasteiger partial charge in [-0.1, -0.05) is 19.4 Å². The predicted molar refractivity (Wildman–Crippen MR) is 129 cm³/mol. The van der Waals surface area contributed by atoms with E-state index in [1.54, 1.807) is 54.5 Å². The summed E-state index contributed by atoms with van der Waals surface area (Å²) in [6.07, 6.45) is -0.674. The largest absolute Gasteiger partial charge is 0.458 e. The maximum Gasteiger partial charge on any atom is 0.420 e. The van der Waals surface area contributed by atoms with Gasteiger partial charge in [-0.25, -0.2) is 14.4 Å². The third-order valence-corrected chi connectivity index (χ3v) is 4.69. The Labute approximate surface area is 209 Å². The second kappa shape index (κ2) is 13.8. The van der Waals surface area contributed by atoms with E-state index in [1.165, 1.54) is 0 Å². The highest BCUT2D eigenvalue weighted by molar-refractivity contribution is 5.94. The molecule has 0 aliphatic carbocycles. The maximum absolute atomic E-state index is 13.2. The molecule has 1 aliphatic heterocycles. The van der Waals surface area contributed by atoms with Crippen LogP contribution in [0.3, 0.4) is 0 Å². The maximum atomic E-state index is 13.2. The Hall–Kier alpha value is -2.17. The van der Waals surface area contributed by atoms with Crippen molar-refractivity contribution in [2.75, 3.05) is 26.4 Å². The van der Waals surface area contributed by atoms with Crippen molar-refractivity contribution in [1.82, 2.24) is 4.90 Å². The van der Waals surface area contributed by atoms with Gasteiger partial charge >= 0.3 is 18.2 Å². The molecular formula is C25H43NO9. The molecule has 1 rings (SSSR count). The molecule has 1 heterocycles. The van der Waals surface area contributed by atoms with Gasteiger partial charge in [0, 0.05) is 6.61 Å². The van der Waals surface area contributed by atoms with Crippen molar-refractivity contribution in [3.05, 3.63) is 12.7 Å². The van der Waals surface area contributed by atoms with E-state index in [0.29, 0.717) is 11.5 Å². The normalized spacial score (nSPS) is 23.8. The monoisotopic (exact) mass is 501 g/mol. The molecule has 10 heteroatoms. The molecule has 0 aromatic carbocycles. The van der Waals surface area contributed by atoms with E-state index >= 15 is 0 Å². The average Bonchev–Trinajstić information content (AvgIpc) is 2.74. The molecule has 10 nitrogen and oxygen atoms in total. The summed E-state index contributed by atoms with van der Waals surface area (Å²) in [5.41, 5.74) is -1.84. The van der Waals surface area contributed by atoms with E-state index in [-0.39, 0.29) is 19.8 Å². The van der Waals surface area contributed by atoms with Crippen molar-refractivity contribution < 1.29 is 42.8 Å². The fourth-order valence-electron chi connectivity index (χ4n) is 3.16. The summed E-state index contributed by atoms with van der Waals surface area (Å²) in [6.45, 7) is 17.7. The molecule has 0 spiro atoms. The van der Waals surface area contributed by atoms with Crippen LogP contribution in [-0.2, 0) is 33.2 Å². The number of ether oxygens (including phenoxy) is 6. The smallest absolute Gasteiger partial charge is 0.420 e. The van der Waals surface area contributed by atoms with E-state index in [4.69, 9.17) is 28.4 Å². The highest BCUT2D eigenvalue weighted by atomic mass is 16.6. The topological polar surface area (TPSA) is 110 Å². The number of nitrogens with zero attached hydrogens (tertiary/aromatic N) is 1. The number of hydrogen-bond donors (Lipinski definition) is 0. The van der Waals surface area contributed by atoms with E-state index in [2.05, 4.69) is 6.58 Å². The zero-order valence-corrected chi connectivity index (χ0v) is 22.5. The fraction of sp³-hybridized carbons (Fsp3) is 0.800. The summed E-state index contributed by atoms with van der Waals surface area (Å²) in [5.74, 6) is -0.851. The van der Waals surface area contributed by atoms with E-state index in [9.17, 15) is 14.4 Å². The van der Waals surface area contributed by atoms with Crippen LogP contribution in [0.1, 0.15) is 68.2 Å². The molecule has 1 aliphatic rings. The first kappa shape index (κ1) is 30.9. The minimum Gasteiger partial charge on any atom is -0.458 e. The van der Waals surface area contributed by atoms with Crippen LogP contribution in [0.15, 0.2) is 12.7 Å². The summed E-state index contributed by atoms with van der Waals surface area (Å²) in [4.78, 5) is 39.9. The average molecular weight is 502 g/mol. The second-order valence-corrected chi connectivity index (χ2v) is 10.4. The summed E-state index contributed by atoms with van der Waals surface area (Å²) in [5, 5.41) is 0. The molecule has 1 saturated heterocycles. The Morgan fingerprint density at radius 3 is 2.11 bits per heavy atom. The van der Waals surface area contributed by atoms with Gasteiger partial charge in [0.2, 0.25) is 0 Å². The molecule has 0 N–H and O–H groups in total. The van der Waals surface area contributed by atoms with Crippen LogP contribution in [0.2, 0.25) is 0 Å². The summed E-state index contributed by atoms with van der Waals surface area (Å²) in [6, 6.07) is -1.43. The Morgan fingerprint density at radius 2 is 1.63 bits per heavy atom. The first-order valence-corrected chi connectivity index (χ1v) is 12.1. The Morgan fingerprint density at radius 1 is 1.06 bits per heavy atom. The zero-order chi connectivity index (χ0) is 26.8. The highest BCUT2D eigenvalue weighted by Gasteiger charge is 2.44. The van der Waals surface area contributed by atoms with Crippen molar-refractivity contribution >= 4 is 18.2 Å². The Kier molecular flexibility index (Phi) is 12.2. The lowest BCUT2D eigenvalue weighted by Crippen LogP contribution is -2.54. The summed E-state index contributed by atoms with van der Waals surface area (Å²) in [7, 11) is 0. The van der Waals surface area contributed by atoms with Crippen LogP contribution in [0.5, 0.6) is 0 Å². The van der Waals surface area contributed by atoms with Gasteiger partial charge in [-0.2, -0.15) is 4.90 Å². The van der Waals surface area contributed by atoms with Crippen LogP contribution in [0.25, 0.3) is 0 Å². The number of amides is 2. The molecule has 202 valence electrons. The van der Waals surface area contributed by atoms with Gasteiger partial charge in [-0.15, -0.1) is 6.58 Å². The van der Waals surface area contributed by atoms with E-state index in [1.807, 2.05) is 6.92 Å². The van der Waals surface area contributed by atoms with Gasteiger partial charge in [0.1, 0.15) is 29.5 Å². The quantitative estimate of drug-likeness (QED) is 0.209. The summed E-state index contributed by atoms with van der Waals surface area (Å²) >= 11 is 0. The Balaban J connectivity index is 3.28. The predicted octanol–water partition coefficient (Wildman–Crippen LogP) is 4.25. The van der Waals surface area contributed by atoms with Gasteiger partial charge < -0.3 is 28.4 Å². The molecule has 0 bridgehead atoms. The molecule has 0 aromatic rings. The molecule has 0 aromatic heterocycles. The van der Waals surface area contributed by atoms with Gasteiger partial charge in [0.05, 0.1) is 19.8 Å². The molecule has 0 radical (unpaired) electrons. The Bertz CT molecular complexity index is 683. The van der Waals surface area contributed by atoms with E-state index in [0.717, 1.165) is 12.8 Å². The van der Waals surface area contributed by atoms with Gasteiger partial charge in [-0.3, -0.25) is 0 Å². The fourth-order valence-corrected chi connectivity index (χ4v) is 3.16. The number of imide groups is 1. The third kappa shape index (κ3) is 11.0. The number of cyclic esters (lactones) is 1.